The Bertz CT molecular complexity index is 826. The van der Waals surface area contributed by atoms with Crippen molar-refractivity contribution in [2.24, 2.45) is 5.92 Å². The number of ether oxygens (including phenoxy) is 3. The molecule has 6 nitrogen and oxygen atoms in total. The average molecular weight is 779 g/mol. The van der Waals surface area contributed by atoms with Crippen LogP contribution in [-0.2, 0) is 28.6 Å². The van der Waals surface area contributed by atoms with Gasteiger partial charge in [0.25, 0.3) is 0 Å². The summed E-state index contributed by atoms with van der Waals surface area (Å²) in [4.78, 5) is 37.8. The van der Waals surface area contributed by atoms with E-state index in [4.69, 9.17) is 14.2 Å². The SMILES string of the molecule is CCCCCCCCCCCCCCCCCCC(=O)OC[C@H](COC(=O)CCCCCCCCCCCCC)OC(=O)CCCCCCCCCC(C)C. The predicted octanol–water partition coefficient (Wildman–Crippen LogP) is 15.5. The molecule has 0 fully saturated rings. The van der Waals surface area contributed by atoms with Crippen molar-refractivity contribution in [3.8, 4) is 0 Å². The topological polar surface area (TPSA) is 78.9 Å². The van der Waals surface area contributed by atoms with Gasteiger partial charge < -0.3 is 14.2 Å². The number of rotatable bonds is 44. The van der Waals surface area contributed by atoms with Gasteiger partial charge >= 0.3 is 17.9 Å². The smallest absolute Gasteiger partial charge is 0.306 e. The second-order valence-electron chi connectivity index (χ2n) is 17.2. The molecule has 0 amide bonds. The van der Waals surface area contributed by atoms with E-state index in [1.165, 1.54) is 167 Å². The van der Waals surface area contributed by atoms with E-state index in [2.05, 4.69) is 27.7 Å². The van der Waals surface area contributed by atoms with E-state index >= 15 is 0 Å². The summed E-state index contributed by atoms with van der Waals surface area (Å²) < 4.78 is 16.7. The number of carbonyl (C=O) groups is 3. The summed E-state index contributed by atoms with van der Waals surface area (Å²) in [7, 11) is 0. The molecule has 0 aliphatic carbocycles. The van der Waals surface area contributed by atoms with Crippen LogP contribution in [0.4, 0.5) is 0 Å². The van der Waals surface area contributed by atoms with E-state index < -0.39 is 6.10 Å². The van der Waals surface area contributed by atoms with Crippen LogP contribution < -0.4 is 0 Å². The molecule has 0 saturated carbocycles. The zero-order valence-electron chi connectivity index (χ0n) is 37.4. The molecular formula is C49H94O6. The number of carbonyl (C=O) groups excluding carboxylic acids is 3. The quantitative estimate of drug-likeness (QED) is 0.0348. The van der Waals surface area contributed by atoms with Gasteiger partial charge in [0.05, 0.1) is 0 Å². The van der Waals surface area contributed by atoms with Crippen molar-refractivity contribution in [1.29, 1.82) is 0 Å². The molecule has 0 aromatic carbocycles. The first kappa shape index (κ1) is 53.4. The number of hydrogen-bond acceptors (Lipinski definition) is 6. The molecule has 0 N–H and O–H groups in total. The van der Waals surface area contributed by atoms with Gasteiger partial charge in [0.15, 0.2) is 6.10 Å². The molecule has 0 aromatic heterocycles. The summed E-state index contributed by atoms with van der Waals surface area (Å²) in [6.45, 7) is 8.96. The van der Waals surface area contributed by atoms with Crippen LogP contribution in [0.3, 0.4) is 0 Å². The lowest BCUT2D eigenvalue weighted by molar-refractivity contribution is -0.167. The highest BCUT2D eigenvalue weighted by Crippen LogP contribution is 2.16. The van der Waals surface area contributed by atoms with Crippen LogP contribution >= 0.6 is 0 Å². The third kappa shape index (κ3) is 43.4. The minimum absolute atomic E-state index is 0.0640. The maximum Gasteiger partial charge on any atom is 0.306 e. The van der Waals surface area contributed by atoms with Crippen molar-refractivity contribution < 1.29 is 28.6 Å². The van der Waals surface area contributed by atoms with Crippen LogP contribution in [0.25, 0.3) is 0 Å². The Morgan fingerprint density at radius 2 is 0.600 bits per heavy atom. The van der Waals surface area contributed by atoms with E-state index in [0.717, 1.165) is 63.7 Å². The molecule has 0 radical (unpaired) electrons. The summed E-state index contributed by atoms with van der Waals surface area (Å²) in [6.07, 6.45) is 43.8. The van der Waals surface area contributed by atoms with Gasteiger partial charge in [-0.25, -0.2) is 0 Å². The molecule has 0 aliphatic rings. The molecule has 1 atom stereocenters. The maximum absolute atomic E-state index is 12.7. The van der Waals surface area contributed by atoms with E-state index in [9.17, 15) is 14.4 Å². The van der Waals surface area contributed by atoms with Gasteiger partial charge in [0.2, 0.25) is 0 Å². The molecule has 0 spiro atoms. The molecule has 55 heavy (non-hydrogen) atoms. The number of unbranched alkanes of at least 4 members (excludes halogenated alkanes) is 31. The molecule has 6 heteroatoms. The monoisotopic (exact) mass is 779 g/mol. The third-order valence-electron chi connectivity index (χ3n) is 11.0. The Balaban J connectivity index is 4.27. The Hall–Kier alpha value is -1.59. The van der Waals surface area contributed by atoms with Crippen molar-refractivity contribution in [2.45, 2.75) is 278 Å². The molecule has 0 unspecified atom stereocenters. The van der Waals surface area contributed by atoms with E-state index in [0.29, 0.717) is 19.3 Å². The second-order valence-corrected chi connectivity index (χ2v) is 17.2. The van der Waals surface area contributed by atoms with Crippen molar-refractivity contribution in [1.82, 2.24) is 0 Å². The highest BCUT2D eigenvalue weighted by molar-refractivity contribution is 5.71. The first-order valence-electron chi connectivity index (χ1n) is 24.4. The van der Waals surface area contributed by atoms with Crippen LogP contribution in [0.15, 0.2) is 0 Å². The molecule has 326 valence electrons. The predicted molar refractivity (Wildman–Crippen MR) is 233 cm³/mol. The average Bonchev–Trinajstić information content (AvgIpc) is 3.17. The van der Waals surface area contributed by atoms with Gasteiger partial charge in [-0.1, -0.05) is 233 Å². The lowest BCUT2D eigenvalue weighted by Gasteiger charge is -2.18. The first-order valence-corrected chi connectivity index (χ1v) is 24.4. The Morgan fingerprint density at radius 1 is 0.345 bits per heavy atom. The van der Waals surface area contributed by atoms with E-state index in [1.807, 2.05) is 0 Å². The van der Waals surface area contributed by atoms with Gasteiger partial charge in [0, 0.05) is 19.3 Å². The highest BCUT2D eigenvalue weighted by Gasteiger charge is 2.19. The Morgan fingerprint density at radius 3 is 0.891 bits per heavy atom. The van der Waals surface area contributed by atoms with Crippen LogP contribution in [0.5, 0.6) is 0 Å². The fourth-order valence-corrected chi connectivity index (χ4v) is 7.33. The van der Waals surface area contributed by atoms with E-state index in [1.54, 1.807) is 0 Å². The minimum Gasteiger partial charge on any atom is -0.462 e. The summed E-state index contributed by atoms with van der Waals surface area (Å²) in [5.41, 5.74) is 0. The number of esters is 3. The van der Waals surface area contributed by atoms with Crippen molar-refractivity contribution in [3.05, 3.63) is 0 Å². The standard InChI is InChI=1S/C49H94O6/c1-5-7-9-11-13-15-17-18-19-20-21-23-25-29-33-37-41-48(51)54-44-46(55-49(52)42-38-34-30-26-27-31-35-39-45(3)4)43-53-47(50)40-36-32-28-24-22-16-14-12-10-8-6-2/h45-46H,5-44H2,1-4H3/t46-/m0/s1. The van der Waals surface area contributed by atoms with Crippen molar-refractivity contribution in [3.63, 3.8) is 0 Å². The molecule has 0 rings (SSSR count). The molecule has 0 saturated heterocycles. The summed E-state index contributed by atoms with van der Waals surface area (Å²) >= 11 is 0. The summed E-state index contributed by atoms with van der Waals surface area (Å²) in [5, 5.41) is 0. The van der Waals surface area contributed by atoms with Crippen molar-refractivity contribution >= 4 is 17.9 Å². The zero-order valence-corrected chi connectivity index (χ0v) is 37.4. The molecule has 0 bridgehead atoms. The van der Waals surface area contributed by atoms with Gasteiger partial charge in [-0.2, -0.15) is 0 Å². The van der Waals surface area contributed by atoms with E-state index in [-0.39, 0.29) is 31.1 Å². The van der Waals surface area contributed by atoms with Crippen LogP contribution in [0.1, 0.15) is 272 Å². The second kappa shape index (κ2) is 43.5. The third-order valence-corrected chi connectivity index (χ3v) is 11.0. The molecular weight excluding hydrogens is 685 g/mol. The van der Waals surface area contributed by atoms with Gasteiger partial charge in [-0.05, 0) is 25.2 Å². The van der Waals surface area contributed by atoms with Crippen LogP contribution in [0.2, 0.25) is 0 Å². The zero-order chi connectivity index (χ0) is 40.3. The van der Waals surface area contributed by atoms with Crippen LogP contribution in [0, 0.1) is 5.92 Å². The molecule has 0 aliphatic heterocycles. The largest absolute Gasteiger partial charge is 0.462 e. The van der Waals surface area contributed by atoms with Gasteiger partial charge in [-0.3, -0.25) is 14.4 Å². The fourth-order valence-electron chi connectivity index (χ4n) is 7.33. The molecule has 0 heterocycles. The fraction of sp³-hybridized carbons (Fsp3) is 0.939. The first-order chi connectivity index (χ1) is 26.9. The summed E-state index contributed by atoms with van der Waals surface area (Å²) in [5.74, 6) is -0.0749. The maximum atomic E-state index is 12.7. The van der Waals surface area contributed by atoms with Gasteiger partial charge in [0.1, 0.15) is 13.2 Å². The number of hydrogen-bond donors (Lipinski definition) is 0. The van der Waals surface area contributed by atoms with Gasteiger partial charge in [-0.15, -0.1) is 0 Å². The Labute approximate surface area is 342 Å². The van der Waals surface area contributed by atoms with Crippen molar-refractivity contribution in [2.75, 3.05) is 13.2 Å². The summed E-state index contributed by atoms with van der Waals surface area (Å²) in [6, 6.07) is 0. The highest BCUT2D eigenvalue weighted by atomic mass is 16.6. The molecule has 0 aromatic rings. The lowest BCUT2D eigenvalue weighted by Crippen LogP contribution is -2.30. The van der Waals surface area contributed by atoms with Crippen LogP contribution in [-0.4, -0.2) is 37.2 Å². The minimum atomic E-state index is -0.760. The Kier molecular flexibility index (Phi) is 42.3. The normalized spacial score (nSPS) is 11.9. The lowest BCUT2D eigenvalue weighted by atomic mass is 10.0.